The summed E-state index contributed by atoms with van der Waals surface area (Å²) in [4.78, 5) is 22.4. The number of aliphatic carboxylic acids is 1. The Bertz CT molecular complexity index is 464. The standard InChI is InChI=1S/C11H13ClN2O4/c1-2-5-13(7-11(15)16)10-4-3-8(14(17)18)6-9(10)12/h3-4,6H,2,5,7H2,1H3,(H,15,16). The van der Waals surface area contributed by atoms with Crippen LogP contribution in [-0.4, -0.2) is 29.1 Å². The Balaban J connectivity index is 3.04. The van der Waals surface area contributed by atoms with E-state index in [0.29, 0.717) is 12.2 Å². The fraction of sp³-hybridized carbons (Fsp3) is 0.364. The average Bonchev–Trinajstić information content (AvgIpc) is 2.27. The molecule has 0 spiro atoms. The third kappa shape index (κ3) is 3.59. The van der Waals surface area contributed by atoms with Gasteiger partial charge in [0.05, 0.1) is 15.6 Å². The van der Waals surface area contributed by atoms with Gasteiger partial charge < -0.3 is 10.0 Å². The molecule has 0 radical (unpaired) electrons. The Morgan fingerprint density at radius 3 is 2.67 bits per heavy atom. The largest absolute Gasteiger partial charge is 0.480 e. The van der Waals surface area contributed by atoms with E-state index in [1.165, 1.54) is 18.2 Å². The molecule has 0 amide bonds. The van der Waals surface area contributed by atoms with Crippen molar-refractivity contribution in [3.05, 3.63) is 33.3 Å². The molecule has 18 heavy (non-hydrogen) atoms. The fourth-order valence-corrected chi connectivity index (χ4v) is 1.88. The maximum Gasteiger partial charge on any atom is 0.323 e. The average molecular weight is 273 g/mol. The highest BCUT2D eigenvalue weighted by Crippen LogP contribution is 2.29. The van der Waals surface area contributed by atoms with Gasteiger partial charge in [-0.15, -0.1) is 0 Å². The molecule has 0 aliphatic rings. The lowest BCUT2D eigenvalue weighted by molar-refractivity contribution is -0.384. The molecule has 0 saturated heterocycles. The molecule has 0 atom stereocenters. The highest BCUT2D eigenvalue weighted by molar-refractivity contribution is 6.33. The van der Waals surface area contributed by atoms with Crippen LogP contribution in [0.4, 0.5) is 11.4 Å². The van der Waals surface area contributed by atoms with Crippen LogP contribution >= 0.6 is 11.6 Å². The summed E-state index contributed by atoms with van der Waals surface area (Å²) in [7, 11) is 0. The van der Waals surface area contributed by atoms with Crippen molar-refractivity contribution in [3.63, 3.8) is 0 Å². The van der Waals surface area contributed by atoms with E-state index in [-0.39, 0.29) is 17.3 Å². The van der Waals surface area contributed by atoms with Gasteiger partial charge in [-0.3, -0.25) is 14.9 Å². The minimum absolute atomic E-state index is 0.115. The van der Waals surface area contributed by atoms with Crippen LogP contribution < -0.4 is 4.90 Å². The molecule has 0 aliphatic heterocycles. The summed E-state index contributed by atoms with van der Waals surface area (Å²) in [5.41, 5.74) is 0.377. The maximum atomic E-state index is 10.8. The Morgan fingerprint density at radius 2 is 2.22 bits per heavy atom. The third-order valence-corrected chi connectivity index (χ3v) is 2.61. The van der Waals surface area contributed by atoms with Crippen LogP contribution in [0.1, 0.15) is 13.3 Å². The molecule has 0 saturated carbocycles. The summed E-state index contributed by atoms with van der Waals surface area (Å²) in [6.45, 7) is 2.24. The second kappa shape index (κ2) is 6.20. The Morgan fingerprint density at radius 1 is 1.56 bits per heavy atom. The van der Waals surface area contributed by atoms with Crippen LogP contribution in [0.3, 0.4) is 0 Å². The zero-order chi connectivity index (χ0) is 13.7. The number of carboxylic acids is 1. The predicted octanol–water partition coefficient (Wildman–Crippen LogP) is 2.55. The van der Waals surface area contributed by atoms with Crippen molar-refractivity contribution in [1.29, 1.82) is 0 Å². The number of carboxylic acid groups (broad SMARTS) is 1. The SMILES string of the molecule is CCCN(CC(=O)O)c1ccc([N+](=O)[O-])cc1Cl. The number of hydrogen-bond acceptors (Lipinski definition) is 4. The highest BCUT2D eigenvalue weighted by atomic mass is 35.5. The van der Waals surface area contributed by atoms with Crippen LogP contribution in [0, 0.1) is 10.1 Å². The van der Waals surface area contributed by atoms with E-state index in [4.69, 9.17) is 16.7 Å². The Kier molecular flexibility index (Phi) is 4.91. The molecule has 0 heterocycles. The Labute approximate surface area is 109 Å². The van der Waals surface area contributed by atoms with Gasteiger partial charge in [-0.2, -0.15) is 0 Å². The van der Waals surface area contributed by atoms with Crippen molar-refractivity contribution in [3.8, 4) is 0 Å². The van der Waals surface area contributed by atoms with E-state index in [1.807, 2.05) is 6.92 Å². The van der Waals surface area contributed by atoms with Gasteiger partial charge >= 0.3 is 5.97 Å². The molecular weight excluding hydrogens is 260 g/mol. The molecule has 0 aliphatic carbocycles. The summed E-state index contributed by atoms with van der Waals surface area (Å²) >= 11 is 5.95. The third-order valence-electron chi connectivity index (χ3n) is 2.30. The van der Waals surface area contributed by atoms with Crippen LogP contribution in [-0.2, 0) is 4.79 Å². The van der Waals surface area contributed by atoms with Gasteiger partial charge in [-0.05, 0) is 12.5 Å². The number of halogens is 1. The summed E-state index contributed by atoms with van der Waals surface area (Å²) < 4.78 is 0. The first-order chi connectivity index (χ1) is 8.45. The normalized spacial score (nSPS) is 10.1. The number of nitro groups is 1. The number of non-ortho nitro benzene ring substituents is 1. The lowest BCUT2D eigenvalue weighted by Gasteiger charge is -2.23. The number of rotatable bonds is 6. The number of benzene rings is 1. The van der Waals surface area contributed by atoms with Crippen molar-refractivity contribution in [2.24, 2.45) is 0 Å². The monoisotopic (exact) mass is 272 g/mol. The Hall–Kier alpha value is -1.82. The van der Waals surface area contributed by atoms with E-state index >= 15 is 0 Å². The van der Waals surface area contributed by atoms with Crippen LogP contribution in [0.2, 0.25) is 5.02 Å². The smallest absolute Gasteiger partial charge is 0.323 e. The van der Waals surface area contributed by atoms with Crippen molar-refractivity contribution in [2.75, 3.05) is 18.0 Å². The molecule has 0 fully saturated rings. The molecule has 0 aromatic heterocycles. The van der Waals surface area contributed by atoms with Gasteiger partial charge in [0.1, 0.15) is 6.54 Å². The molecule has 0 bridgehead atoms. The lowest BCUT2D eigenvalue weighted by Crippen LogP contribution is -2.30. The van der Waals surface area contributed by atoms with Gasteiger partial charge in [0.15, 0.2) is 0 Å². The molecule has 1 N–H and O–H groups in total. The second-order valence-corrected chi connectivity index (χ2v) is 4.12. The highest BCUT2D eigenvalue weighted by Gasteiger charge is 2.16. The zero-order valence-corrected chi connectivity index (χ0v) is 10.6. The zero-order valence-electron chi connectivity index (χ0n) is 9.80. The van der Waals surface area contributed by atoms with E-state index in [1.54, 1.807) is 4.90 Å². The summed E-state index contributed by atoms with van der Waals surface area (Å²) in [6, 6.07) is 4.01. The molecule has 1 aromatic carbocycles. The predicted molar refractivity (Wildman–Crippen MR) is 68.2 cm³/mol. The molecule has 1 rings (SSSR count). The van der Waals surface area contributed by atoms with Crippen molar-refractivity contribution in [1.82, 2.24) is 0 Å². The molecule has 0 unspecified atom stereocenters. The number of hydrogen-bond donors (Lipinski definition) is 1. The number of nitrogens with zero attached hydrogens (tertiary/aromatic N) is 2. The topological polar surface area (TPSA) is 83.7 Å². The van der Waals surface area contributed by atoms with Crippen molar-refractivity contribution >= 4 is 28.9 Å². The summed E-state index contributed by atoms with van der Waals surface area (Å²) in [5.74, 6) is -0.974. The van der Waals surface area contributed by atoms with E-state index < -0.39 is 10.9 Å². The van der Waals surface area contributed by atoms with E-state index in [9.17, 15) is 14.9 Å². The van der Waals surface area contributed by atoms with Gasteiger partial charge in [-0.25, -0.2) is 0 Å². The molecule has 98 valence electrons. The number of carbonyl (C=O) groups is 1. The number of nitro benzene ring substituents is 1. The minimum atomic E-state index is -0.974. The molecule has 6 nitrogen and oxygen atoms in total. The maximum absolute atomic E-state index is 10.8. The molecule has 1 aromatic rings. The molecular formula is C11H13ClN2O4. The van der Waals surface area contributed by atoms with Crippen LogP contribution in [0.25, 0.3) is 0 Å². The number of anilines is 1. The minimum Gasteiger partial charge on any atom is -0.480 e. The lowest BCUT2D eigenvalue weighted by atomic mass is 10.2. The first-order valence-corrected chi connectivity index (χ1v) is 5.74. The fourth-order valence-electron chi connectivity index (χ4n) is 1.58. The first-order valence-electron chi connectivity index (χ1n) is 5.36. The van der Waals surface area contributed by atoms with Gasteiger partial charge in [0.2, 0.25) is 0 Å². The quantitative estimate of drug-likeness (QED) is 0.635. The first kappa shape index (κ1) is 14.2. The summed E-state index contributed by atoms with van der Waals surface area (Å²) in [5, 5.41) is 19.6. The van der Waals surface area contributed by atoms with Crippen LogP contribution in [0.5, 0.6) is 0 Å². The van der Waals surface area contributed by atoms with Crippen molar-refractivity contribution < 1.29 is 14.8 Å². The van der Waals surface area contributed by atoms with Gasteiger partial charge in [-0.1, -0.05) is 18.5 Å². The van der Waals surface area contributed by atoms with Crippen LogP contribution in [0.15, 0.2) is 18.2 Å². The van der Waals surface area contributed by atoms with Crippen molar-refractivity contribution in [2.45, 2.75) is 13.3 Å². The van der Waals surface area contributed by atoms with Gasteiger partial charge in [0.25, 0.3) is 5.69 Å². The molecule has 7 heteroatoms. The van der Waals surface area contributed by atoms with Gasteiger partial charge in [0, 0.05) is 18.7 Å². The second-order valence-electron chi connectivity index (χ2n) is 3.71. The van der Waals surface area contributed by atoms with E-state index in [2.05, 4.69) is 0 Å². The summed E-state index contributed by atoms with van der Waals surface area (Å²) in [6.07, 6.45) is 0.751. The van der Waals surface area contributed by atoms with E-state index in [0.717, 1.165) is 6.42 Å².